The molecule has 0 aliphatic carbocycles. The van der Waals surface area contributed by atoms with Crippen molar-refractivity contribution in [2.45, 2.75) is 18.9 Å². The van der Waals surface area contributed by atoms with Gasteiger partial charge in [-0.3, -0.25) is 0 Å². The number of benzene rings is 2. The van der Waals surface area contributed by atoms with Crippen LogP contribution >= 0.6 is 11.3 Å². The van der Waals surface area contributed by atoms with Crippen LogP contribution in [0.4, 0.5) is 0 Å². The van der Waals surface area contributed by atoms with E-state index in [4.69, 9.17) is 0 Å². The first-order valence-electron chi connectivity index (χ1n) is 6.53. The molecule has 2 heteroatoms. The predicted molar refractivity (Wildman–Crippen MR) is 81.5 cm³/mol. The Hall–Kier alpha value is -1.64. The summed E-state index contributed by atoms with van der Waals surface area (Å²) in [6.45, 7) is 0. The molecule has 19 heavy (non-hydrogen) atoms. The second kappa shape index (κ2) is 5.55. The average Bonchev–Trinajstić information content (AvgIpc) is 2.97. The van der Waals surface area contributed by atoms with E-state index in [-0.39, 0.29) is 0 Å². The Morgan fingerprint density at radius 2 is 1.79 bits per heavy atom. The highest BCUT2D eigenvalue weighted by Gasteiger charge is 2.11. The van der Waals surface area contributed by atoms with Gasteiger partial charge in [-0.2, -0.15) is 0 Å². The molecule has 0 fully saturated rings. The van der Waals surface area contributed by atoms with Gasteiger partial charge in [0, 0.05) is 4.88 Å². The first kappa shape index (κ1) is 12.4. The van der Waals surface area contributed by atoms with Gasteiger partial charge in [0.2, 0.25) is 0 Å². The highest BCUT2D eigenvalue weighted by molar-refractivity contribution is 7.09. The monoisotopic (exact) mass is 268 g/mol. The van der Waals surface area contributed by atoms with Crippen molar-refractivity contribution >= 4 is 22.1 Å². The molecule has 1 nitrogen and oxygen atoms in total. The van der Waals surface area contributed by atoms with Gasteiger partial charge in [0.1, 0.15) is 0 Å². The fraction of sp³-hybridized carbons (Fsp3) is 0.176. The number of thiophene rings is 1. The molecule has 3 aromatic rings. The third-order valence-corrected chi connectivity index (χ3v) is 4.36. The van der Waals surface area contributed by atoms with Crippen molar-refractivity contribution in [1.29, 1.82) is 0 Å². The standard InChI is InChI=1S/C17H16OS/c18-17(11-10-14-7-4-12-19-14)16-9-3-6-13-5-1-2-8-15(13)16/h1-9,12,17-18H,10-11H2. The molecule has 1 atom stereocenters. The SMILES string of the molecule is OC(CCc1cccs1)c1cccc2ccccc12. The van der Waals surface area contributed by atoms with Crippen LogP contribution in [0.15, 0.2) is 60.0 Å². The molecular weight excluding hydrogens is 252 g/mol. The summed E-state index contributed by atoms with van der Waals surface area (Å²) in [5.41, 5.74) is 1.04. The molecule has 0 radical (unpaired) electrons. The predicted octanol–water partition coefficient (Wildman–Crippen LogP) is 4.57. The van der Waals surface area contributed by atoms with E-state index in [1.807, 2.05) is 24.3 Å². The molecule has 1 aromatic heterocycles. The average molecular weight is 268 g/mol. The minimum atomic E-state index is -0.395. The number of aryl methyl sites for hydroxylation is 1. The summed E-state index contributed by atoms with van der Waals surface area (Å²) in [5.74, 6) is 0. The van der Waals surface area contributed by atoms with Crippen LogP contribution in [-0.2, 0) is 6.42 Å². The Morgan fingerprint density at radius 1 is 0.947 bits per heavy atom. The fourth-order valence-electron chi connectivity index (χ4n) is 2.43. The zero-order chi connectivity index (χ0) is 13.1. The number of aliphatic hydroxyl groups excluding tert-OH is 1. The van der Waals surface area contributed by atoms with Crippen LogP contribution in [0.3, 0.4) is 0 Å². The third-order valence-electron chi connectivity index (χ3n) is 3.43. The first-order valence-corrected chi connectivity index (χ1v) is 7.40. The summed E-state index contributed by atoms with van der Waals surface area (Å²) in [7, 11) is 0. The van der Waals surface area contributed by atoms with E-state index in [0.717, 1.165) is 23.8 Å². The van der Waals surface area contributed by atoms with Crippen molar-refractivity contribution in [2.75, 3.05) is 0 Å². The van der Waals surface area contributed by atoms with Crippen molar-refractivity contribution in [3.8, 4) is 0 Å². The summed E-state index contributed by atoms with van der Waals surface area (Å²) in [5, 5.41) is 14.9. The van der Waals surface area contributed by atoms with Gasteiger partial charge in [-0.1, -0.05) is 48.5 Å². The van der Waals surface area contributed by atoms with Gasteiger partial charge in [0.25, 0.3) is 0 Å². The van der Waals surface area contributed by atoms with Crippen molar-refractivity contribution < 1.29 is 5.11 Å². The van der Waals surface area contributed by atoms with E-state index >= 15 is 0 Å². The van der Waals surface area contributed by atoms with Gasteiger partial charge in [0.15, 0.2) is 0 Å². The smallest absolute Gasteiger partial charge is 0.0799 e. The van der Waals surface area contributed by atoms with E-state index in [9.17, 15) is 5.11 Å². The summed E-state index contributed by atoms with van der Waals surface area (Å²) in [4.78, 5) is 1.33. The molecule has 0 aliphatic rings. The lowest BCUT2D eigenvalue weighted by molar-refractivity contribution is 0.169. The number of hydrogen-bond donors (Lipinski definition) is 1. The van der Waals surface area contributed by atoms with E-state index in [1.54, 1.807) is 11.3 Å². The Balaban J connectivity index is 1.83. The Morgan fingerprint density at radius 3 is 2.63 bits per heavy atom. The Kier molecular flexibility index (Phi) is 3.62. The van der Waals surface area contributed by atoms with E-state index in [1.165, 1.54) is 10.3 Å². The summed E-state index contributed by atoms with van der Waals surface area (Å²) >= 11 is 1.75. The lowest BCUT2D eigenvalue weighted by atomic mass is 9.98. The van der Waals surface area contributed by atoms with Gasteiger partial charge < -0.3 is 5.11 Å². The van der Waals surface area contributed by atoms with Crippen molar-refractivity contribution in [3.05, 3.63) is 70.4 Å². The second-order valence-electron chi connectivity index (χ2n) is 4.70. The van der Waals surface area contributed by atoms with Gasteiger partial charge in [-0.15, -0.1) is 11.3 Å². The number of rotatable bonds is 4. The molecule has 96 valence electrons. The highest BCUT2D eigenvalue weighted by Crippen LogP contribution is 2.27. The van der Waals surface area contributed by atoms with Crippen LogP contribution in [-0.4, -0.2) is 5.11 Å². The molecule has 0 amide bonds. The quantitative estimate of drug-likeness (QED) is 0.735. The molecule has 1 N–H and O–H groups in total. The number of fused-ring (bicyclic) bond motifs is 1. The van der Waals surface area contributed by atoms with Gasteiger partial charge in [-0.25, -0.2) is 0 Å². The normalized spacial score (nSPS) is 12.7. The first-order chi connectivity index (χ1) is 9.34. The third kappa shape index (κ3) is 2.70. The van der Waals surface area contributed by atoms with Crippen LogP contribution in [0.5, 0.6) is 0 Å². The van der Waals surface area contributed by atoms with Gasteiger partial charge in [0.05, 0.1) is 6.10 Å². The van der Waals surface area contributed by atoms with E-state index < -0.39 is 6.10 Å². The van der Waals surface area contributed by atoms with Crippen LogP contribution in [0.25, 0.3) is 10.8 Å². The highest BCUT2D eigenvalue weighted by atomic mass is 32.1. The number of hydrogen-bond acceptors (Lipinski definition) is 2. The molecule has 1 heterocycles. The minimum Gasteiger partial charge on any atom is -0.388 e. The molecule has 0 bridgehead atoms. The van der Waals surface area contributed by atoms with Gasteiger partial charge in [-0.05, 0) is 40.6 Å². The van der Waals surface area contributed by atoms with E-state index in [2.05, 4.69) is 35.7 Å². The lowest BCUT2D eigenvalue weighted by Crippen LogP contribution is -1.99. The molecule has 0 spiro atoms. The van der Waals surface area contributed by atoms with Crippen molar-refractivity contribution in [2.24, 2.45) is 0 Å². The Labute approximate surface area is 117 Å². The van der Waals surface area contributed by atoms with Crippen LogP contribution < -0.4 is 0 Å². The summed E-state index contributed by atoms with van der Waals surface area (Å²) in [6, 6.07) is 18.6. The minimum absolute atomic E-state index is 0.395. The zero-order valence-corrected chi connectivity index (χ0v) is 11.4. The maximum absolute atomic E-state index is 10.4. The van der Waals surface area contributed by atoms with Crippen molar-refractivity contribution in [1.82, 2.24) is 0 Å². The fourth-order valence-corrected chi connectivity index (χ4v) is 3.16. The molecule has 3 rings (SSSR count). The van der Waals surface area contributed by atoms with Crippen LogP contribution in [0, 0.1) is 0 Å². The molecule has 0 aliphatic heterocycles. The van der Waals surface area contributed by atoms with Crippen LogP contribution in [0.2, 0.25) is 0 Å². The van der Waals surface area contributed by atoms with Gasteiger partial charge >= 0.3 is 0 Å². The molecule has 1 unspecified atom stereocenters. The van der Waals surface area contributed by atoms with Crippen LogP contribution in [0.1, 0.15) is 23.0 Å². The Bertz CT molecular complexity index is 653. The second-order valence-corrected chi connectivity index (χ2v) is 5.73. The topological polar surface area (TPSA) is 20.2 Å². The van der Waals surface area contributed by atoms with Crippen molar-refractivity contribution in [3.63, 3.8) is 0 Å². The van der Waals surface area contributed by atoms with E-state index in [0.29, 0.717) is 0 Å². The maximum Gasteiger partial charge on any atom is 0.0799 e. The number of aliphatic hydroxyl groups is 1. The molecule has 0 saturated carbocycles. The molecule has 0 saturated heterocycles. The lowest BCUT2D eigenvalue weighted by Gasteiger charge is -2.13. The zero-order valence-electron chi connectivity index (χ0n) is 10.6. The molecule has 2 aromatic carbocycles. The summed E-state index contributed by atoms with van der Waals surface area (Å²) in [6.07, 6.45) is 1.31. The maximum atomic E-state index is 10.4. The molecular formula is C17H16OS. The summed E-state index contributed by atoms with van der Waals surface area (Å²) < 4.78 is 0. The largest absolute Gasteiger partial charge is 0.388 e.